The number of nitrogens with zero attached hydrogens (tertiary/aromatic N) is 1. The second-order valence-electron chi connectivity index (χ2n) is 6.52. The summed E-state index contributed by atoms with van der Waals surface area (Å²) in [4.78, 5) is 2.75. The molecule has 1 N–H and O–H groups in total. The summed E-state index contributed by atoms with van der Waals surface area (Å²) in [5, 5.41) is 3.47. The zero-order chi connectivity index (χ0) is 15.5. The topological polar surface area (TPSA) is 24.5 Å². The number of hydrogen-bond donors (Lipinski definition) is 1. The lowest BCUT2D eigenvalue weighted by Gasteiger charge is -2.39. The third-order valence-electron chi connectivity index (χ3n) is 4.68. The summed E-state index contributed by atoms with van der Waals surface area (Å²) in [5.41, 5.74) is 0. The molecule has 0 unspecified atom stereocenters. The summed E-state index contributed by atoms with van der Waals surface area (Å²) in [7, 11) is 0. The van der Waals surface area contributed by atoms with Crippen molar-refractivity contribution < 1.29 is 4.74 Å². The van der Waals surface area contributed by atoms with Gasteiger partial charge in [0.25, 0.3) is 0 Å². The van der Waals surface area contributed by atoms with Gasteiger partial charge in [-0.1, -0.05) is 0 Å². The van der Waals surface area contributed by atoms with Gasteiger partial charge in [-0.15, -0.1) is 13.2 Å². The SMILES string of the molecule is C=C.CC(C)OCCCC1CCN(C2CCNCC2)CC1. The molecule has 2 saturated heterocycles. The van der Waals surface area contributed by atoms with Crippen LogP contribution in [0.5, 0.6) is 0 Å². The average molecular weight is 296 g/mol. The Morgan fingerprint density at radius 1 is 1.10 bits per heavy atom. The fraction of sp³-hybridized carbons (Fsp3) is 0.889. The highest BCUT2D eigenvalue weighted by Crippen LogP contribution is 2.25. The van der Waals surface area contributed by atoms with Crippen molar-refractivity contribution in [2.24, 2.45) is 5.92 Å². The van der Waals surface area contributed by atoms with Crippen LogP contribution in [0.15, 0.2) is 13.2 Å². The van der Waals surface area contributed by atoms with Crippen molar-refractivity contribution in [1.82, 2.24) is 10.2 Å². The number of hydrogen-bond acceptors (Lipinski definition) is 3. The lowest BCUT2D eigenvalue weighted by atomic mass is 9.90. The number of ether oxygens (including phenoxy) is 1. The molecule has 2 aliphatic rings. The van der Waals surface area contributed by atoms with Gasteiger partial charge in [-0.3, -0.25) is 0 Å². The monoisotopic (exact) mass is 296 g/mol. The second-order valence-corrected chi connectivity index (χ2v) is 6.52. The van der Waals surface area contributed by atoms with E-state index in [2.05, 4.69) is 37.2 Å². The van der Waals surface area contributed by atoms with Crippen LogP contribution < -0.4 is 5.32 Å². The Kier molecular flexibility index (Phi) is 9.98. The quantitative estimate of drug-likeness (QED) is 0.600. The molecule has 0 saturated carbocycles. The summed E-state index contributed by atoms with van der Waals surface area (Å²) in [6.07, 6.45) is 8.53. The van der Waals surface area contributed by atoms with Gasteiger partial charge in [0.1, 0.15) is 0 Å². The molecule has 0 radical (unpaired) electrons. The lowest BCUT2D eigenvalue weighted by Crippen LogP contribution is -2.46. The van der Waals surface area contributed by atoms with Crippen LogP contribution in [0, 0.1) is 5.92 Å². The first-order valence-electron chi connectivity index (χ1n) is 8.82. The van der Waals surface area contributed by atoms with E-state index in [9.17, 15) is 0 Å². The molecule has 0 aromatic carbocycles. The fourth-order valence-electron chi connectivity index (χ4n) is 3.47. The smallest absolute Gasteiger partial charge is 0.0518 e. The first-order valence-corrected chi connectivity index (χ1v) is 8.82. The van der Waals surface area contributed by atoms with E-state index in [1.54, 1.807) is 0 Å². The maximum absolute atomic E-state index is 5.63. The van der Waals surface area contributed by atoms with E-state index in [0.29, 0.717) is 6.10 Å². The summed E-state index contributed by atoms with van der Waals surface area (Å²) < 4.78 is 5.63. The molecule has 0 aromatic rings. The van der Waals surface area contributed by atoms with E-state index >= 15 is 0 Å². The van der Waals surface area contributed by atoms with Gasteiger partial charge in [0.2, 0.25) is 0 Å². The Hall–Kier alpha value is -0.380. The maximum atomic E-state index is 5.63. The number of piperidine rings is 2. The molecule has 2 rings (SSSR count). The third-order valence-corrected chi connectivity index (χ3v) is 4.68. The van der Waals surface area contributed by atoms with Crippen LogP contribution in [0.3, 0.4) is 0 Å². The normalized spacial score (nSPS) is 22.0. The van der Waals surface area contributed by atoms with Crippen molar-refractivity contribution in [3.63, 3.8) is 0 Å². The number of rotatable bonds is 6. The van der Waals surface area contributed by atoms with Gasteiger partial charge in [0.05, 0.1) is 6.10 Å². The Bertz CT molecular complexity index is 244. The highest BCUT2D eigenvalue weighted by atomic mass is 16.5. The molecule has 0 amide bonds. The molecule has 124 valence electrons. The molecule has 0 atom stereocenters. The number of nitrogens with one attached hydrogen (secondary N) is 1. The van der Waals surface area contributed by atoms with Gasteiger partial charge in [-0.2, -0.15) is 0 Å². The average Bonchev–Trinajstić information content (AvgIpc) is 2.55. The Morgan fingerprint density at radius 3 is 2.29 bits per heavy atom. The molecule has 2 aliphatic heterocycles. The van der Waals surface area contributed by atoms with E-state index in [1.807, 2.05) is 0 Å². The van der Waals surface area contributed by atoms with Crippen LogP contribution in [-0.4, -0.2) is 49.8 Å². The van der Waals surface area contributed by atoms with Crippen molar-refractivity contribution in [3.8, 4) is 0 Å². The van der Waals surface area contributed by atoms with E-state index in [1.165, 1.54) is 64.7 Å². The minimum Gasteiger partial charge on any atom is -0.379 e. The van der Waals surface area contributed by atoms with Crippen molar-refractivity contribution >= 4 is 0 Å². The Balaban J connectivity index is 0.00000106. The Labute approximate surface area is 132 Å². The van der Waals surface area contributed by atoms with E-state index in [4.69, 9.17) is 4.74 Å². The molecular weight excluding hydrogens is 260 g/mol. The van der Waals surface area contributed by atoms with Crippen LogP contribution in [0.25, 0.3) is 0 Å². The predicted octanol–water partition coefficient (Wildman–Crippen LogP) is 3.46. The molecule has 21 heavy (non-hydrogen) atoms. The van der Waals surface area contributed by atoms with Crippen LogP contribution >= 0.6 is 0 Å². The van der Waals surface area contributed by atoms with Crippen molar-refractivity contribution in [2.75, 3.05) is 32.8 Å². The van der Waals surface area contributed by atoms with Crippen LogP contribution in [0.1, 0.15) is 52.4 Å². The molecule has 0 aliphatic carbocycles. The van der Waals surface area contributed by atoms with Crippen LogP contribution in [-0.2, 0) is 4.74 Å². The largest absolute Gasteiger partial charge is 0.379 e. The zero-order valence-electron chi connectivity index (χ0n) is 14.3. The third kappa shape index (κ3) is 7.44. The Morgan fingerprint density at radius 2 is 1.71 bits per heavy atom. The predicted molar refractivity (Wildman–Crippen MR) is 91.8 cm³/mol. The van der Waals surface area contributed by atoms with Gasteiger partial charge in [0, 0.05) is 12.6 Å². The van der Waals surface area contributed by atoms with Gasteiger partial charge < -0.3 is 15.0 Å². The minimum atomic E-state index is 0.391. The molecular formula is C18H36N2O. The van der Waals surface area contributed by atoms with Crippen molar-refractivity contribution in [3.05, 3.63) is 13.2 Å². The molecule has 2 heterocycles. The van der Waals surface area contributed by atoms with Gasteiger partial charge in [0.15, 0.2) is 0 Å². The number of likely N-dealkylation sites (tertiary alicyclic amines) is 1. The molecule has 3 nitrogen and oxygen atoms in total. The molecule has 0 aromatic heterocycles. The standard InChI is InChI=1S/C16H32N2O.C2H4/c1-14(2)19-13-3-4-15-7-11-18(12-8-15)16-5-9-17-10-6-16;1-2/h14-17H,3-13H2,1-2H3;1-2H2. The molecule has 0 spiro atoms. The minimum absolute atomic E-state index is 0.391. The summed E-state index contributed by atoms with van der Waals surface area (Å²) >= 11 is 0. The summed E-state index contributed by atoms with van der Waals surface area (Å²) in [6.45, 7) is 16.3. The fourth-order valence-corrected chi connectivity index (χ4v) is 3.47. The van der Waals surface area contributed by atoms with Crippen LogP contribution in [0.4, 0.5) is 0 Å². The van der Waals surface area contributed by atoms with E-state index in [0.717, 1.165) is 18.6 Å². The highest BCUT2D eigenvalue weighted by molar-refractivity contribution is 4.81. The molecule has 3 heteroatoms. The highest BCUT2D eigenvalue weighted by Gasteiger charge is 2.25. The van der Waals surface area contributed by atoms with Gasteiger partial charge in [-0.25, -0.2) is 0 Å². The summed E-state index contributed by atoms with van der Waals surface area (Å²) in [5.74, 6) is 0.953. The second kappa shape index (κ2) is 11.2. The van der Waals surface area contributed by atoms with E-state index < -0.39 is 0 Å². The van der Waals surface area contributed by atoms with E-state index in [-0.39, 0.29) is 0 Å². The lowest BCUT2D eigenvalue weighted by molar-refractivity contribution is 0.0667. The van der Waals surface area contributed by atoms with Crippen molar-refractivity contribution in [2.45, 2.75) is 64.5 Å². The first kappa shape index (κ1) is 18.7. The van der Waals surface area contributed by atoms with Crippen LogP contribution in [0.2, 0.25) is 0 Å². The van der Waals surface area contributed by atoms with Gasteiger partial charge >= 0.3 is 0 Å². The van der Waals surface area contributed by atoms with Crippen molar-refractivity contribution in [1.29, 1.82) is 0 Å². The maximum Gasteiger partial charge on any atom is 0.0518 e. The molecule has 0 bridgehead atoms. The zero-order valence-corrected chi connectivity index (χ0v) is 14.3. The first-order chi connectivity index (χ1) is 10.3. The molecule has 2 fully saturated rings. The van der Waals surface area contributed by atoms with Gasteiger partial charge in [-0.05, 0) is 84.5 Å². The summed E-state index contributed by atoms with van der Waals surface area (Å²) in [6, 6.07) is 0.867.